The van der Waals surface area contributed by atoms with Gasteiger partial charge in [0, 0.05) is 51.5 Å². The number of anilines is 1. The number of piperazine rings is 1. The molecule has 1 N–H and O–H groups in total. The van der Waals surface area contributed by atoms with Crippen LogP contribution in [0.3, 0.4) is 0 Å². The van der Waals surface area contributed by atoms with Crippen LogP contribution in [0.25, 0.3) is 0 Å². The van der Waals surface area contributed by atoms with Gasteiger partial charge >= 0.3 is 6.09 Å². The summed E-state index contributed by atoms with van der Waals surface area (Å²) < 4.78 is 5.48. The van der Waals surface area contributed by atoms with Gasteiger partial charge in [-0.1, -0.05) is 26.0 Å². The Morgan fingerprint density at radius 3 is 2.29 bits per heavy atom. The van der Waals surface area contributed by atoms with Crippen molar-refractivity contribution in [2.24, 2.45) is 0 Å². The van der Waals surface area contributed by atoms with Crippen molar-refractivity contribution in [2.45, 2.75) is 46.8 Å². The van der Waals surface area contributed by atoms with Gasteiger partial charge in [-0.3, -0.25) is 4.90 Å². The maximum atomic E-state index is 12.2. The first-order chi connectivity index (χ1) is 13.3. The van der Waals surface area contributed by atoms with Crippen LogP contribution in [0.4, 0.5) is 10.5 Å². The molecule has 158 valence electrons. The molecule has 0 saturated carbocycles. The number of hydrogen-bond acceptors (Lipinski definition) is 5. The van der Waals surface area contributed by atoms with Gasteiger partial charge in [-0.25, -0.2) is 4.79 Å². The number of rotatable bonds is 8. The fourth-order valence-electron chi connectivity index (χ4n) is 3.31. The second-order valence-electron chi connectivity index (χ2n) is 8.34. The van der Waals surface area contributed by atoms with E-state index in [-0.39, 0.29) is 6.09 Å². The quantitative estimate of drug-likeness (QED) is 0.691. The number of nitrogens with one attached hydrogen (secondary N) is 1. The highest BCUT2D eigenvalue weighted by atomic mass is 16.6. The van der Waals surface area contributed by atoms with E-state index in [0.717, 1.165) is 45.8 Å². The number of benzene rings is 1. The lowest BCUT2D eigenvalue weighted by Crippen LogP contribution is -2.50. The second-order valence-corrected chi connectivity index (χ2v) is 8.34. The normalized spacial score (nSPS) is 15.2. The fraction of sp³-hybridized carbons (Fsp3) is 0.682. The summed E-state index contributed by atoms with van der Waals surface area (Å²) in [6.07, 6.45) is -0.209. The molecule has 0 unspecified atom stereocenters. The lowest BCUT2D eigenvalue weighted by Gasteiger charge is -2.36. The lowest BCUT2D eigenvalue weighted by atomic mass is 10.1. The molecule has 1 aromatic carbocycles. The van der Waals surface area contributed by atoms with Gasteiger partial charge < -0.3 is 19.9 Å². The molecule has 28 heavy (non-hydrogen) atoms. The molecular formula is C22H38N4O2. The number of amides is 1. The molecule has 0 radical (unpaired) electrons. The van der Waals surface area contributed by atoms with Crippen molar-refractivity contribution in [3.8, 4) is 0 Å². The Kier molecular flexibility index (Phi) is 8.58. The number of nitrogens with zero attached hydrogens (tertiary/aromatic N) is 3. The van der Waals surface area contributed by atoms with Gasteiger partial charge in [0.15, 0.2) is 0 Å². The van der Waals surface area contributed by atoms with Gasteiger partial charge in [-0.15, -0.1) is 0 Å². The Hall–Kier alpha value is -1.79. The molecule has 1 aromatic rings. The maximum Gasteiger partial charge on any atom is 0.410 e. The van der Waals surface area contributed by atoms with Gasteiger partial charge in [0.1, 0.15) is 5.60 Å². The zero-order valence-electron chi connectivity index (χ0n) is 18.3. The summed E-state index contributed by atoms with van der Waals surface area (Å²) in [4.78, 5) is 18.8. The van der Waals surface area contributed by atoms with Crippen molar-refractivity contribution in [3.05, 3.63) is 29.8 Å². The minimum Gasteiger partial charge on any atom is -0.444 e. The van der Waals surface area contributed by atoms with E-state index in [2.05, 4.69) is 53.2 Å². The highest BCUT2D eigenvalue weighted by molar-refractivity contribution is 5.68. The topological polar surface area (TPSA) is 48.0 Å². The number of ether oxygens (including phenoxy) is 1. The molecule has 1 saturated heterocycles. The zero-order chi connectivity index (χ0) is 20.6. The van der Waals surface area contributed by atoms with E-state index in [1.807, 2.05) is 20.8 Å². The van der Waals surface area contributed by atoms with Crippen LogP contribution in [-0.4, -0.2) is 73.9 Å². The molecule has 1 aliphatic rings. The Balaban J connectivity index is 1.83. The summed E-state index contributed by atoms with van der Waals surface area (Å²) in [5.74, 6) is 0. The Morgan fingerprint density at radius 1 is 1.11 bits per heavy atom. The molecule has 0 spiro atoms. The van der Waals surface area contributed by atoms with Crippen LogP contribution in [0.2, 0.25) is 0 Å². The molecule has 0 aliphatic carbocycles. The average molecular weight is 391 g/mol. The standard InChI is InChI=1S/C22H38N4O2/c1-6-23-12-13-24(7-2)18-19-8-10-20(11-9-19)25-14-16-26(17-15-25)21(27)28-22(3,4)5/h8-11,23H,6-7,12-18H2,1-5H3. The molecule has 0 bridgehead atoms. The minimum atomic E-state index is -0.441. The average Bonchev–Trinajstić information content (AvgIpc) is 2.67. The van der Waals surface area contributed by atoms with Crippen LogP contribution in [0.1, 0.15) is 40.2 Å². The van der Waals surface area contributed by atoms with Gasteiger partial charge in [-0.05, 0) is 51.6 Å². The molecular weight excluding hydrogens is 352 g/mol. The zero-order valence-corrected chi connectivity index (χ0v) is 18.3. The molecule has 1 amide bonds. The molecule has 2 rings (SSSR count). The van der Waals surface area contributed by atoms with Crippen LogP contribution < -0.4 is 10.2 Å². The van der Waals surface area contributed by atoms with Crippen molar-refractivity contribution in [1.29, 1.82) is 0 Å². The monoisotopic (exact) mass is 390 g/mol. The Bertz CT molecular complexity index is 590. The van der Waals surface area contributed by atoms with Crippen LogP contribution in [-0.2, 0) is 11.3 Å². The van der Waals surface area contributed by atoms with Crippen molar-refractivity contribution >= 4 is 11.8 Å². The van der Waals surface area contributed by atoms with Crippen molar-refractivity contribution in [3.63, 3.8) is 0 Å². The Labute approximate surface area is 170 Å². The van der Waals surface area contributed by atoms with E-state index in [9.17, 15) is 4.79 Å². The minimum absolute atomic E-state index is 0.209. The first-order valence-electron chi connectivity index (χ1n) is 10.6. The molecule has 1 fully saturated rings. The van der Waals surface area contributed by atoms with Gasteiger partial charge in [-0.2, -0.15) is 0 Å². The first-order valence-corrected chi connectivity index (χ1v) is 10.6. The number of hydrogen-bond donors (Lipinski definition) is 1. The fourth-order valence-corrected chi connectivity index (χ4v) is 3.31. The van der Waals surface area contributed by atoms with Crippen LogP contribution in [0, 0.1) is 0 Å². The summed E-state index contributed by atoms with van der Waals surface area (Å²) in [5, 5.41) is 3.39. The van der Waals surface area contributed by atoms with E-state index >= 15 is 0 Å². The van der Waals surface area contributed by atoms with Crippen molar-refractivity contribution in [2.75, 3.05) is 57.3 Å². The summed E-state index contributed by atoms with van der Waals surface area (Å²) in [6.45, 7) is 18.3. The van der Waals surface area contributed by atoms with Gasteiger partial charge in [0.05, 0.1) is 0 Å². The SMILES string of the molecule is CCNCCN(CC)Cc1ccc(N2CCN(C(=O)OC(C)(C)C)CC2)cc1. The third kappa shape index (κ3) is 7.32. The smallest absolute Gasteiger partial charge is 0.410 e. The molecule has 6 nitrogen and oxygen atoms in total. The number of likely N-dealkylation sites (N-methyl/N-ethyl adjacent to an activating group) is 2. The van der Waals surface area contributed by atoms with E-state index in [1.165, 1.54) is 11.3 Å². The summed E-state index contributed by atoms with van der Waals surface area (Å²) in [7, 11) is 0. The van der Waals surface area contributed by atoms with Gasteiger partial charge in [0.2, 0.25) is 0 Å². The van der Waals surface area contributed by atoms with Crippen LogP contribution in [0.5, 0.6) is 0 Å². The highest BCUT2D eigenvalue weighted by Gasteiger charge is 2.25. The molecule has 0 aromatic heterocycles. The van der Waals surface area contributed by atoms with Crippen molar-refractivity contribution < 1.29 is 9.53 Å². The van der Waals surface area contributed by atoms with Crippen LogP contribution >= 0.6 is 0 Å². The molecule has 6 heteroatoms. The van der Waals surface area contributed by atoms with E-state index < -0.39 is 5.60 Å². The summed E-state index contributed by atoms with van der Waals surface area (Å²) >= 11 is 0. The van der Waals surface area contributed by atoms with E-state index in [4.69, 9.17) is 4.74 Å². The third-order valence-electron chi connectivity index (χ3n) is 4.94. The predicted molar refractivity (Wildman–Crippen MR) is 116 cm³/mol. The second kappa shape index (κ2) is 10.7. The maximum absolute atomic E-state index is 12.2. The lowest BCUT2D eigenvalue weighted by molar-refractivity contribution is 0.0240. The van der Waals surface area contributed by atoms with E-state index in [1.54, 1.807) is 4.90 Å². The van der Waals surface area contributed by atoms with Crippen LogP contribution in [0.15, 0.2) is 24.3 Å². The van der Waals surface area contributed by atoms with Gasteiger partial charge in [0.25, 0.3) is 0 Å². The largest absolute Gasteiger partial charge is 0.444 e. The predicted octanol–water partition coefficient (Wildman–Crippen LogP) is 3.18. The molecule has 1 aliphatic heterocycles. The first kappa shape index (κ1) is 22.5. The number of carbonyl (C=O) groups is 1. The Morgan fingerprint density at radius 2 is 1.75 bits per heavy atom. The third-order valence-corrected chi connectivity index (χ3v) is 4.94. The summed E-state index contributed by atoms with van der Waals surface area (Å²) in [6, 6.07) is 8.87. The van der Waals surface area contributed by atoms with E-state index in [0.29, 0.717) is 13.1 Å². The highest BCUT2D eigenvalue weighted by Crippen LogP contribution is 2.19. The molecule has 1 heterocycles. The number of carbonyl (C=O) groups excluding carboxylic acids is 1. The summed E-state index contributed by atoms with van der Waals surface area (Å²) in [5.41, 5.74) is 2.13. The van der Waals surface area contributed by atoms with Crippen molar-refractivity contribution in [1.82, 2.24) is 15.1 Å². The molecule has 0 atom stereocenters.